The minimum absolute atomic E-state index is 0.818. The SMILES string of the molecule is C[Si](C)(C)OCCCCCCCCCl. The molecule has 0 aromatic heterocycles. The van der Waals surface area contributed by atoms with E-state index in [1.54, 1.807) is 0 Å². The summed E-state index contributed by atoms with van der Waals surface area (Å²) in [7, 11) is -1.26. The minimum Gasteiger partial charge on any atom is -0.418 e. The molecule has 86 valence electrons. The van der Waals surface area contributed by atoms with Gasteiger partial charge >= 0.3 is 0 Å². The molecule has 0 aliphatic carbocycles. The summed E-state index contributed by atoms with van der Waals surface area (Å²) in [5.41, 5.74) is 0. The van der Waals surface area contributed by atoms with Gasteiger partial charge in [-0.3, -0.25) is 0 Å². The fourth-order valence-electron chi connectivity index (χ4n) is 1.28. The monoisotopic (exact) mass is 236 g/mol. The maximum Gasteiger partial charge on any atom is 0.183 e. The van der Waals surface area contributed by atoms with E-state index in [2.05, 4.69) is 19.6 Å². The molecule has 3 heteroatoms. The lowest BCUT2D eigenvalue weighted by Gasteiger charge is -2.16. The highest BCUT2D eigenvalue weighted by molar-refractivity contribution is 6.69. The van der Waals surface area contributed by atoms with Gasteiger partial charge in [-0.25, -0.2) is 0 Å². The second-order valence-electron chi connectivity index (χ2n) is 4.77. The Morgan fingerprint density at radius 2 is 1.36 bits per heavy atom. The molecule has 0 rings (SSSR count). The summed E-state index contributed by atoms with van der Waals surface area (Å²) < 4.78 is 5.77. The largest absolute Gasteiger partial charge is 0.418 e. The van der Waals surface area contributed by atoms with Gasteiger partial charge in [0.25, 0.3) is 0 Å². The molecule has 0 unspecified atom stereocenters. The highest BCUT2D eigenvalue weighted by atomic mass is 35.5. The Bertz CT molecular complexity index is 123. The molecule has 0 fully saturated rings. The normalized spacial score (nSPS) is 12.0. The summed E-state index contributed by atoms with van der Waals surface area (Å²) >= 11 is 5.60. The van der Waals surface area contributed by atoms with Crippen molar-refractivity contribution in [1.82, 2.24) is 0 Å². The smallest absolute Gasteiger partial charge is 0.183 e. The van der Waals surface area contributed by atoms with Crippen LogP contribution in [0, 0.1) is 0 Å². The van der Waals surface area contributed by atoms with Crippen molar-refractivity contribution >= 4 is 19.9 Å². The average Bonchev–Trinajstić information content (AvgIpc) is 2.08. The predicted molar refractivity (Wildman–Crippen MR) is 67.7 cm³/mol. The first-order valence-corrected chi connectivity index (χ1v) is 9.70. The Labute approximate surface area is 95.3 Å². The number of alkyl halides is 1. The molecule has 0 saturated carbocycles. The van der Waals surface area contributed by atoms with Crippen LogP contribution in [0.15, 0.2) is 0 Å². The third-order valence-electron chi connectivity index (χ3n) is 2.06. The summed E-state index contributed by atoms with van der Waals surface area (Å²) in [5.74, 6) is 0.818. The standard InChI is InChI=1S/C11H25ClOSi/c1-14(2,3)13-11-9-7-5-4-6-8-10-12/h4-11H2,1-3H3. The Morgan fingerprint density at radius 3 is 1.86 bits per heavy atom. The van der Waals surface area contributed by atoms with E-state index in [0.29, 0.717) is 0 Å². The second kappa shape index (κ2) is 8.75. The van der Waals surface area contributed by atoms with Crippen LogP contribution in [-0.2, 0) is 4.43 Å². The number of hydrogen-bond acceptors (Lipinski definition) is 1. The molecule has 14 heavy (non-hydrogen) atoms. The van der Waals surface area contributed by atoms with Crippen molar-refractivity contribution in [1.29, 1.82) is 0 Å². The van der Waals surface area contributed by atoms with Crippen LogP contribution in [-0.4, -0.2) is 20.8 Å². The molecule has 0 radical (unpaired) electrons. The van der Waals surface area contributed by atoms with Gasteiger partial charge in [-0.1, -0.05) is 25.7 Å². The Balaban J connectivity index is 2.99. The quantitative estimate of drug-likeness (QED) is 0.327. The molecule has 0 amide bonds. The Hall–Kier alpha value is 0.467. The van der Waals surface area contributed by atoms with E-state index < -0.39 is 8.32 Å². The third-order valence-corrected chi connectivity index (χ3v) is 3.40. The summed E-state index contributed by atoms with van der Waals surface area (Å²) in [6.45, 7) is 7.69. The zero-order valence-electron chi connectivity index (χ0n) is 9.94. The van der Waals surface area contributed by atoms with Crippen molar-refractivity contribution in [3.05, 3.63) is 0 Å². The van der Waals surface area contributed by atoms with Crippen molar-refractivity contribution in [2.75, 3.05) is 12.5 Å². The van der Waals surface area contributed by atoms with Crippen LogP contribution in [0.1, 0.15) is 38.5 Å². The van der Waals surface area contributed by atoms with Gasteiger partial charge in [0.05, 0.1) is 0 Å². The molecule has 0 saturated heterocycles. The van der Waals surface area contributed by atoms with Crippen LogP contribution >= 0.6 is 11.6 Å². The zero-order valence-corrected chi connectivity index (χ0v) is 11.7. The van der Waals surface area contributed by atoms with Gasteiger partial charge in [0.1, 0.15) is 0 Å². The van der Waals surface area contributed by atoms with Gasteiger partial charge in [-0.05, 0) is 32.5 Å². The first-order chi connectivity index (χ1) is 6.56. The predicted octanol–water partition coefficient (Wildman–Crippen LogP) is 4.42. The van der Waals surface area contributed by atoms with E-state index >= 15 is 0 Å². The summed E-state index contributed by atoms with van der Waals surface area (Å²) in [6, 6.07) is 0. The molecule has 0 aromatic carbocycles. The van der Waals surface area contributed by atoms with Crippen LogP contribution in [0.4, 0.5) is 0 Å². The van der Waals surface area contributed by atoms with Gasteiger partial charge in [-0.15, -0.1) is 11.6 Å². The molecule has 0 heterocycles. The van der Waals surface area contributed by atoms with E-state index in [-0.39, 0.29) is 0 Å². The molecular formula is C11H25ClOSi. The molecule has 0 atom stereocenters. The molecule has 0 N–H and O–H groups in total. The topological polar surface area (TPSA) is 9.23 Å². The number of halogens is 1. The zero-order chi connectivity index (χ0) is 10.9. The van der Waals surface area contributed by atoms with Gasteiger partial charge in [-0.2, -0.15) is 0 Å². The van der Waals surface area contributed by atoms with Crippen LogP contribution in [0.3, 0.4) is 0 Å². The van der Waals surface area contributed by atoms with Crippen molar-refractivity contribution < 1.29 is 4.43 Å². The van der Waals surface area contributed by atoms with Crippen LogP contribution in [0.25, 0.3) is 0 Å². The lowest BCUT2D eigenvalue weighted by Crippen LogP contribution is -2.25. The number of unbranched alkanes of at least 4 members (excludes halogenated alkanes) is 5. The lowest BCUT2D eigenvalue weighted by atomic mass is 10.1. The van der Waals surface area contributed by atoms with Crippen molar-refractivity contribution in [3.8, 4) is 0 Å². The van der Waals surface area contributed by atoms with Gasteiger partial charge in [0.2, 0.25) is 0 Å². The molecule has 1 nitrogen and oxygen atoms in total. The van der Waals surface area contributed by atoms with E-state index in [9.17, 15) is 0 Å². The van der Waals surface area contributed by atoms with Crippen molar-refractivity contribution in [2.24, 2.45) is 0 Å². The minimum atomic E-state index is -1.26. The summed E-state index contributed by atoms with van der Waals surface area (Å²) in [4.78, 5) is 0. The third kappa shape index (κ3) is 12.5. The van der Waals surface area contributed by atoms with Crippen LogP contribution in [0.5, 0.6) is 0 Å². The molecule has 0 spiro atoms. The summed E-state index contributed by atoms with van der Waals surface area (Å²) in [5, 5.41) is 0. The second-order valence-corrected chi connectivity index (χ2v) is 9.66. The Kier molecular flexibility index (Phi) is 9.04. The number of hydrogen-bond donors (Lipinski definition) is 0. The van der Waals surface area contributed by atoms with Crippen LogP contribution < -0.4 is 0 Å². The van der Waals surface area contributed by atoms with E-state index in [4.69, 9.17) is 16.0 Å². The van der Waals surface area contributed by atoms with Gasteiger partial charge < -0.3 is 4.43 Å². The highest BCUT2D eigenvalue weighted by Crippen LogP contribution is 2.08. The van der Waals surface area contributed by atoms with E-state index in [1.807, 2.05) is 0 Å². The summed E-state index contributed by atoms with van der Waals surface area (Å²) in [6.07, 6.45) is 7.68. The highest BCUT2D eigenvalue weighted by Gasteiger charge is 2.12. The number of rotatable bonds is 9. The van der Waals surface area contributed by atoms with Gasteiger partial charge in [0, 0.05) is 12.5 Å². The fourth-order valence-corrected chi connectivity index (χ4v) is 2.23. The molecule has 0 bridgehead atoms. The Morgan fingerprint density at radius 1 is 0.857 bits per heavy atom. The van der Waals surface area contributed by atoms with Crippen molar-refractivity contribution in [2.45, 2.75) is 58.2 Å². The van der Waals surface area contributed by atoms with E-state index in [0.717, 1.165) is 12.5 Å². The first-order valence-electron chi connectivity index (χ1n) is 5.76. The average molecular weight is 237 g/mol. The maximum absolute atomic E-state index is 5.77. The molecule has 0 aromatic rings. The fraction of sp³-hybridized carbons (Fsp3) is 1.00. The van der Waals surface area contributed by atoms with Crippen molar-refractivity contribution in [3.63, 3.8) is 0 Å². The first kappa shape index (κ1) is 14.5. The maximum atomic E-state index is 5.77. The van der Waals surface area contributed by atoms with E-state index in [1.165, 1.54) is 38.5 Å². The molecular weight excluding hydrogens is 212 g/mol. The molecule has 0 aliphatic rings. The molecule has 0 aliphatic heterocycles. The van der Waals surface area contributed by atoms with Gasteiger partial charge in [0.15, 0.2) is 8.32 Å². The lowest BCUT2D eigenvalue weighted by molar-refractivity contribution is 0.298. The van der Waals surface area contributed by atoms with Crippen LogP contribution in [0.2, 0.25) is 19.6 Å².